The van der Waals surface area contributed by atoms with Gasteiger partial charge in [-0.3, -0.25) is 0 Å². The lowest BCUT2D eigenvalue weighted by Gasteiger charge is -2.21. The van der Waals surface area contributed by atoms with Crippen LogP contribution in [0.25, 0.3) is 0 Å². The predicted octanol–water partition coefficient (Wildman–Crippen LogP) is 2.03. The van der Waals surface area contributed by atoms with E-state index < -0.39 is 5.60 Å². The monoisotopic (exact) mass is 208 g/mol. The highest BCUT2D eigenvalue weighted by Gasteiger charge is 2.31. The lowest BCUT2D eigenvalue weighted by Crippen LogP contribution is -2.22. The molecule has 3 heteroatoms. The molecule has 0 amide bonds. The van der Waals surface area contributed by atoms with Crippen LogP contribution in [0.5, 0.6) is 11.5 Å². The van der Waals surface area contributed by atoms with Crippen LogP contribution in [0.2, 0.25) is 0 Å². The van der Waals surface area contributed by atoms with Crippen LogP contribution in [-0.2, 0) is 0 Å². The minimum atomic E-state index is -0.738. The second-order valence-electron chi connectivity index (χ2n) is 4.71. The van der Waals surface area contributed by atoms with E-state index in [1.165, 1.54) is 0 Å². The zero-order chi connectivity index (χ0) is 11.1. The summed E-state index contributed by atoms with van der Waals surface area (Å²) in [6, 6.07) is 5.27. The molecule has 1 aromatic carbocycles. The highest BCUT2D eigenvalue weighted by atomic mass is 16.5. The van der Waals surface area contributed by atoms with Crippen molar-refractivity contribution in [1.82, 2.24) is 0 Å². The van der Waals surface area contributed by atoms with E-state index in [2.05, 4.69) is 0 Å². The van der Waals surface area contributed by atoms with Gasteiger partial charge in [0.2, 0.25) is 0 Å². The molecule has 0 spiro atoms. The molecule has 0 aliphatic carbocycles. The summed E-state index contributed by atoms with van der Waals surface area (Å²) < 4.78 is 5.47. The highest BCUT2D eigenvalue weighted by molar-refractivity contribution is 5.49. The molecule has 1 aliphatic heterocycles. The molecule has 0 radical (unpaired) electrons. The Morgan fingerprint density at radius 1 is 1.47 bits per heavy atom. The summed E-state index contributed by atoms with van der Waals surface area (Å²) in [5, 5.41) is 19.5. The van der Waals surface area contributed by atoms with Gasteiger partial charge in [0.25, 0.3) is 0 Å². The molecule has 1 aliphatic rings. The molecule has 0 saturated carbocycles. The first kappa shape index (κ1) is 10.3. The fourth-order valence-corrected chi connectivity index (χ4v) is 2.11. The number of phenols is 1. The molecule has 2 rings (SSSR count). The van der Waals surface area contributed by atoms with Crippen LogP contribution in [-0.4, -0.2) is 22.4 Å². The molecule has 1 atom stereocenters. The number of hydrogen-bond acceptors (Lipinski definition) is 3. The van der Waals surface area contributed by atoms with E-state index in [0.717, 1.165) is 11.3 Å². The zero-order valence-electron chi connectivity index (χ0n) is 9.03. The molecule has 0 bridgehead atoms. The van der Waals surface area contributed by atoms with Gasteiger partial charge in [0.1, 0.15) is 11.5 Å². The van der Waals surface area contributed by atoms with Gasteiger partial charge in [-0.25, -0.2) is 0 Å². The van der Waals surface area contributed by atoms with Crippen LogP contribution in [0.3, 0.4) is 0 Å². The van der Waals surface area contributed by atoms with E-state index in [0.29, 0.717) is 13.0 Å². The molecule has 1 unspecified atom stereocenters. The van der Waals surface area contributed by atoms with Gasteiger partial charge in [0, 0.05) is 11.5 Å². The van der Waals surface area contributed by atoms with E-state index in [-0.39, 0.29) is 11.7 Å². The van der Waals surface area contributed by atoms with Crippen LogP contribution in [0.15, 0.2) is 18.2 Å². The average Bonchev–Trinajstić information content (AvgIpc) is 2.47. The minimum Gasteiger partial charge on any atom is -0.508 e. The van der Waals surface area contributed by atoms with Crippen molar-refractivity contribution >= 4 is 0 Å². The standard InChI is InChI=1S/C12H16O3/c1-12(2,14)6-8-7-15-10-5-3-4-9(13)11(8)10/h3-5,8,13-14H,6-7H2,1-2H3. The molecule has 2 N–H and O–H groups in total. The minimum absolute atomic E-state index is 0.0844. The second kappa shape index (κ2) is 3.42. The van der Waals surface area contributed by atoms with Gasteiger partial charge in [0.05, 0.1) is 12.2 Å². The normalized spacial score (nSPS) is 19.8. The van der Waals surface area contributed by atoms with Crippen molar-refractivity contribution in [3.63, 3.8) is 0 Å². The number of benzene rings is 1. The quantitative estimate of drug-likeness (QED) is 0.781. The van der Waals surface area contributed by atoms with Crippen molar-refractivity contribution in [2.24, 2.45) is 0 Å². The van der Waals surface area contributed by atoms with Crippen molar-refractivity contribution in [2.45, 2.75) is 31.8 Å². The first-order valence-corrected chi connectivity index (χ1v) is 5.14. The van der Waals surface area contributed by atoms with Crippen molar-refractivity contribution in [3.05, 3.63) is 23.8 Å². The highest BCUT2D eigenvalue weighted by Crippen LogP contribution is 2.43. The van der Waals surface area contributed by atoms with Crippen molar-refractivity contribution in [2.75, 3.05) is 6.61 Å². The largest absolute Gasteiger partial charge is 0.508 e. The molecular weight excluding hydrogens is 192 g/mol. The van der Waals surface area contributed by atoms with Crippen LogP contribution < -0.4 is 4.74 Å². The molecule has 15 heavy (non-hydrogen) atoms. The van der Waals surface area contributed by atoms with Crippen LogP contribution in [0.4, 0.5) is 0 Å². The molecule has 82 valence electrons. The maximum absolute atomic E-state index is 9.76. The summed E-state index contributed by atoms with van der Waals surface area (Å²) in [5.41, 5.74) is 0.0948. The summed E-state index contributed by atoms with van der Waals surface area (Å²) in [6.07, 6.45) is 0.595. The maximum Gasteiger partial charge on any atom is 0.126 e. The Hall–Kier alpha value is -1.22. The van der Waals surface area contributed by atoms with Crippen LogP contribution in [0, 0.1) is 0 Å². The number of aromatic hydroxyl groups is 1. The first-order chi connectivity index (χ1) is 6.97. The Morgan fingerprint density at radius 2 is 2.20 bits per heavy atom. The lowest BCUT2D eigenvalue weighted by molar-refractivity contribution is 0.0601. The number of hydrogen-bond donors (Lipinski definition) is 2. The number of fused-ring (bicyclic) bond motifs is 1. The Bertz CT molecular complexity index is 366. The molecular formula is C12H16O3. The maximum atomic E-state index is 9.76. The second-order valence-corrected chi connectivity index (χ2v) is 4.71. The average molecular weight is 208 g/mol. The van der Waals surface area contributed by atoms with Gasteiger partial charge in [-0.2, -0.15) is 0 Å². The summed E-state index contributed by atoms with van der Waals surface area (Å²) >= 11 is 0. The third-order valence-electron chi connectivity index (χ3n) is 2.64. The van der Waals surface area contributed by atoms with Crippen molar-refractivity contribution in [3.8, 4) is 11.5 Å². The SMILES string of the molecule is CC(C)(O)CC1COc2cccc(O)c21. The molecule has 3 nitrogen and oxygen atoms in total. The Labute approximate surface area is 89.3 Å². The van der Waals surface area contributed by atoms with Crippen LogP contribution >= 0.6 is 0 Å². The lowest BCUT2D eigenvalue weighted by atomic mass is 9.89. The van der Waals surface area contributed by atoms with E-state index in [1.54, 1.807) is 26.0 Å². The van der Waals surface area contributed by atoms with Crippen molar-refractivity contribution in [1.29, 1.82) is 0 Å². The fraction of sp³-hybridized carbons (Fsp3) is 0.500. The van der Waals surface area contributed by atoms with Gasteiger partial charge in [-0.15, -0.1) is 0 Å². The van der Waals surface area contributed by atoms with Gasteiger partial charge in [0.15, 0.2) is 0 Å². The predicted molar refractivity (Wildman–Crippen MR) is 57.3 cm³/mol. The zero-order valence-corrected chi connectivity index (χ0v) is 9.03. The first-order valence-electron chi connectivity index (χ1n) is 5.14. The molecule has 1 heterocycles. The number of aliphatic hydroxyl groups is 1. The van der Waals surface area contributed by atoms with E-state index in [1.807, 2.05) is 6.07 Å². The number of rotatable bonds is 2. The van der Waals surface area contributed by atoms with E-state index in [9.17, 15) is 10.2 Å². The molecule has 0 aromatic heterocycles. The van der Waals surface area contributed by atoms with Crippen molar-refractivity contribution < 1.29 is 14.9 Å². The summed E-state index contributed by atoms with van der Waals surface area (Å²) in [7, 11) is 0. The molecule has 0 saturated heterocycles. The summed E-state index contributed by atoms with van der Waals surface area (Å²) in [6.45, 7) is 4.08. The van der Waals surface area contributed by atoms with Gasteiger partial charge < -0.3 is 14.9 Å². The smallest absolute Gasteiger partial charge is 0.126 e. The topological polar surface area (TPSA) is 49.7 Å². The Morgan fingerprint density at radius 3 is 2.87 bits per heavy atom. The Balaban J connectivity index is 2.28. The Kier molecular flexibility index (Phi) is 2.35. The van der Waals surface area contributed by atoms with Gasteiger partial charge >= 0.3 is 0 Å². The third-order valence-corrected chi connectivity index (χ3v) is 2.64. The van der Waals surface area contributed by atoms with Gasteiger partial charge in [-0.1, -0.05) is 6.07 Å². The number of phenolic OH excluding ortho intramolecular Hbond substituents is 1. The third kappa shape index (κ3) is 2.07. The summed E-state index contributed by atoms with van der Waals surface area (Å²) in [5.74, 6) is 1.09. The molecule has 0 fully saturated rings. The number of ether oxygens (including phenoxy) is 1. The molecule has 1 aromatic rings. The van der Waals surface area contributed by atoms with Gasteiger partial charge in [-0.05, 0) is 32.4 Å². The van der Waals surface area contributed by atoms with E-state index >= 15 is 0 Å². The summed E-state index contributed by atoms with van der Waals surface area (Å²) in [4.78, 5) is 0. The fourth-order valence-electron chi connectivity index (χ4n) is 2.11. The van der Waals surface area contributed by atoms with Crippen LogP contribution in [0.1, 0.15) is 31.7 Å². The van der Waals surface area contributed by atoms with E-state index in [4.69, 9.17) is 4.74 Å².